The molecule has 0 N–H and O–H groups in total. The number of anilines is 1. The summed E-state index contributed by atoms with van der Waals surface area (Å²) in [6.07, 6.45) is 5.41. The Morgan fingerprint density at radius 1 is 1.00 bits per heavy atom. The van der Waals surface area contributed by atoms with Crippen LogP contribution in [0.1, 0.15) is 43.0 Å². The highest BCUT2D eigenvalue weighted by molar-refractivity contribution is 7.89. The molecule has 1 aromatic carbocycles. The van der Waals surface area contributed by atoms with E-state index in [1.165, 1.54) is 4.31 Å². The number of carbonyl (C=O) groups is 1. The molecule has 3 heterocycles. The fraction of sp³-hybridized carbons (Fsp3) is 0.545. The minimum Gasteiger partial charge on any atom is -0.369 e. The molecule has 4 rings (SSSR count). The Hall–Kier alpha value is -2.10. The van der Waals surface area contributed by atoms with Gasteiger partial charge in [-0.3, -0.25) is 9.48 Å². The number of hydrogen-bond acceptors (Lipinski definition) is 5. The van der Waals surface area contributed by atoms with Crippen molar-refractivity contribution in [3.05, 3.63) is 41.0 Å². The zero-order valence-corrected chi connectivity index (χ0v) is 20.0. The Kier molecular flexibility index (Phi) is 7.07. The number of benzene rings is 1. The lowest BCUT2D eigenvalue weighted by Crippen LogP contribution is -2.49. The van der Waals surface area contributed by atoms with Crippen LogP contribution in [0.25, 0.3) is 0 Å². The second kappa shape index (κ2) is 9.80. The fourth-order valence-corrected chi connectivity index (χ4v) is 5.95. The number of rotatable bonds is 6. The molecular weight excluding hydrogens is 450 g/mol. The monoisotopic (exact) mass is 479 g/mol. The van der Waals surface area contributed by atoms with Gasteiger partial charge in [0.2, 0.25) is 5.03 Å². The minimum atomic E-state index is -3.88. The second-order valence-corrected chi connectivity index (χ2v) is 10.6. The summed E-state index contributed by atoms with van der Waals surface area (Å²) in [5, 5.41) is 4.92. The Morgan fingerprint density at radius 3 is 2.28 bits per heavy atom. The number of carbonyl (C=O) groups excluding carboxylic acids is 1. The van der Waals surface area contributed by atoms with Gasteiger partial charge in [0.15, 0.2) is 0 Å². The third-order valence-electron chi connectivity index (χ3n) is 6.07. The summed E-state index contributed by atoms with van der Waals surface area (Å²) in [6, 6.07) is 7.54. The topological polar surface area (TPSA) is 78.8 Å². The van der Waals surface area contributed by atoms with E-state index in [2.05, 4.69) is 10.00 Å². The van der Waals surface area contributed by atoms with Crippen molar-refractivity contribution >= 4 is 33.2 Å². The van der Waals surface area contributed by atoms with Crippen LogP contribution in [0.5, 0.6) is 0 Å². The maximum absolute atomic E-state index is 13.5. The van der Waals surface area contributed by atoms with Crippen molar-refractivity contribution < 1.29 is 13.2 Å². The van der Waals surface area contributed by atoms with Crippen LogP contribution in [0.4, 0.5) is 5.69 Å². The zero-order valence-electron chi connectivity index (χ0n) is 18.4. The van der Waals surface area contributed by atoms with Crippen LogP contribution in [-0.4, -0.2) is 72.6 Å². The van der Waals surface area contributed by atoms with Crippen LogP contribution in [0, 0.1) is 0 Å². The van der Waals surface area contributed by atoms with Gasteiger partial charge in [-0.05, 0) is 49.9 Å². The summed E-state index contributed by atoms with van der Waals surface area (Å²) in [6.45, 7) is 5.69. The van der Waals surface area contributed by atoms with Gasteiger partial charge in [0.05, 0.1) is 5.56 Å². The molecule has 8 nitrogen and oxygen atoms in total. The normalized spacial score (nSPS) is 18.2. The van der Waals surface area contributed by atoms with Gasteiger partial charge in [0, 0.05) is 62.7 Å². The fourth-order valence-electron chi connectivity index (χ4n) is 4.31. The lowest BCUT2D eigenvalue weighted by Gasteiger charge is -2.35. The third kappa shape index (κ3) is 4.79. The largest absolute Gasteiger partial charge is 0.369 e. The Balaban J connectivity index is 1.55. The van der Waals surface area contributed by atoms with Crippen molar-refractivity contribution in [1.29, 1.82) is 0 Å². The number of likely N-dealkylation sites (tertiary alicyclic amines) is 1. The first kappa shape index (κ1) is 23.1. The van der Waals surface area contributed by atoms with Gasteiger partial charge in [0.25, 0.3) is 15.9 Å². The molecule has 0 saturated carbocycles. The number of amides is 1. The van der Waals surface area contributed by atoms with Gasteiger partial charge < -0.3 is 9.80 Å². The van der Waals surface area contributed by atoms with E-state index in [0.717, 1.165) is 31.4 Å². The van der Waals surface area contributed by atoms with Crippen LogP contribution in [0.3, 0.4) is 0 Å². The smallest absolute Gasteiger partial charge is 0.263 e. The van der Waals surface area contributed by atoms with Gasteiger partial charge in [-0.25, -0.2) is 8.42 Å². The summed E-state index contributed by atoms with van der Waals surface area (Å²) < 4.78 is 30.1. The molecule has 174 valence electrons. The van der Waals surface area contributed by atoms with E-state index < -0.39 is 10.0 Å². The first-order chi connectivity index (χ1) is 15.4. The number of aryl methyl sites for hydroxylation is 1. The summed E-state index contributed by atoms with van der Waals surface area (Å²) in [5.41, 5.74) is 1.21. The van der Waals surface area contributed by atoms with Crippen molar-refractivity contribution in [3.8, 4) is 0 Å². The van der Waals surface area contributed by atoms with Gasteiger partial charge in [-0.15, -0.1) is 0 Å². The Bertz CT molecular complexity index is 1040. The number of halogens is 1. The number of piperazine rings is 1. The molecule has 0 radical (unpaired) electrons. The standard InChI is InChI=1S/C22H30ClN5O3S/c1-2-10-27-17-20(22(29)26-11-4-3-5-12-26)21(24-27)32(30,31)28-15-13-25(14-16-28)19-8-6-18(23)7-9-19/h6-9,17H,2-5,10-16H2,1H3. The van der Waals surface area contributed by atoms with E-state index in [0.29, 0.717) is 50.8 Å². The highest BCUT2D eigenvalue weighted by Gasteiger charge is 2.36. The van der Waals surface area contributed by atoms with E-state index in [9.17, 15) is 13.2 Å². The van der Waals surface area contributed by atoms with Crippen molar-refractivity contribution in [2.75, 3.05) is 44.2 Å². The summed E-state index contributed by atoms with van der Waals surface area (Å²) in [4.78, 5) is 17.1. The van der Waals surface area contributed by atoms with E-state index >= 15 is 0 Å². The number of hydrogen-bond donors (Lipinski definition) is 0. The first-order valence-corrected chi connectivity index (χ1v) is 13.1. The highest BCUT2D eigenvalue weighted by atomic mass is 35.5. The second-order valence-electron chi connectivity index (χ2n) is 8.33. The first-order valence-electron chi connectivity index (χ1n) is 11.3. The van der Waals surface area contributed by atoms with Crippen LogP contribution in [0.2, 0.25) is 5.02 Å². The Labute approximate surface area is 194 Å². The predicted molar refractivity (Wildman–Crippen MR) is 125 cm³/mol. The van der Waals surface area contributed by atoms with Gasteiger partial charge in [-0.2, -0.15) is 9.40 Å². The molecule has 2 aliphatic rings. The predicted octanol–water partition coefficient (Wildman–Crippen LogP) is 3.08. The average molecular weight is 480 g/mol. The molecule has 0 aliphatic carbocycles. The molecule has 0 atom stereocenters. The van der Waals surface area contributed by atoms with Crippen LogP contribution in [-0.2, 0) is 16.6 Å². The quantitative estimate of drug-likeness (QED) is 0.636. The van der Waals surface area contributed by atoms with Gasteiger partial charge >= 0.3 is 0 Å². The number of aromatic nitrogens is 2. The van der Waals surface area contributed by atoms with Crippen LogP contribution < -0.4 is 4.90 Å². The molecule has 2 aromatic rings. The Morgan fingerprint density at radius 2 is 1.66 bits per heavy atom. The maximum Gasteiger partial charge on any atom is 0.263 e. The minimum absolute atomic E-state index is 0.110. The molecule has 2 saturated heterocycles. The summed E-state index contributed by atoms with van der Waals surface area (Å²) in [5.74, 6) is -0.231. The van der Waals surface area contributed by atoms with Crippen LogP contribution >= 0.6 is 11.6 Å². The molecule has 32 heavy (non-hydrogen) atoms. The molecule has 0 unspecified atom stereocenters. The van der Waals surface area contributed by atoms with E-state index in [4.69, 9.17) is 11.6 Å². The van der Waals surface area contributed by atoms with Gasteiger partial charge in [-0.1, -0.05) is 18.5 Å². The number of nitrogens with zero attached hydrogens (tertiary/aromatic N) is 5. The number of piperidine rings is 1. The molecule has 1 aromatic heterocycles. The van der Waals surface area contributed by atoms with Gasteiger partial charge in [0.1, 0.15) is 0 Å². The molecule has 0 spiro atoms. The molecule has 1 amide bonds. The molecule has 2 aliphatic heterocycles. The molecular formula is C22H30ClN5O3S. The lowest BCUT2D eigenvalue weighted by molar-refractivity contribution is 0.0720. The zero-order chi connectivity index (χ0) is 22.7. The summed E-state index contributed by atoms with van der Waals surface area (Å²) >= 11 is 5.98. The number of sulfonamides is 1. The summed E-state index contributed by atoms with van der Waals surface area (Å²) in [7, 11) is -3.88. The van der Waals surface area contributed by atoms with E-state index in [1.807, 2.05) is 31.2 Å². The highest BCUT2D eigenvalue weighted by Crippen LogP contribution is 2.25. The third-order valence-corrected chi connectivity index (χ3v) is 8.16. The van der Waals surface area contributed by atoms with Crippen molar-refractivity contribution in [2.24, 2.45) is 0 Å². The lowest BCUT2D eigenvalue weighted by atomic mass is 10.1. The van der Waals surface area contributed by atoms with E-state index in [1.54, 1.807) is 15.8 Å². The van der Waals surface area contributed by atoms with Crippen molar-refractivity contribution in [1.82, 2.24) is 19.0 Å². The molecule has 0 bridgehead atoms. The van der Waals surface area contributed by atoms with Crippen LogP contribution in [0.15, 0.2) is 35.5 Å². The molecule has 10 heteroatoms. The maximum atomic E-state index is 13.5. The SMILES string of the molecule is CCCn1cc(C(=O)N2CCCCC2)c(S(=O)(=O)N2CCN(c3ccc(Cl)cc3)CC2)n1. The van der Waals surface area contributed by atoms with E-state index in [-0.39, 0.29) is 16.5 Å². The molecule has 2 fully saturated rings. The van der Waals surface area contributed by atoms with Crippen molar-refractivity contribution in [3.63, 3.8) is 0 Å². The average Bonchev–Trinajstić information content (AvgIpc) is 3.25. The van der Waals surface area contributed by atoms with Crippen molar-refractivity contribution in [2.45, 2.75) is 44.2 Å².